The van der Waals surface area contributed by atoms with Crippen molar-refractivity contribution in [2.45, 2.75) is 58.1 Å². The second-order valence-corrected chi connectivity index (χ2v) is 9.58. The van der Waals surface area contributed by atoms with E-state index < -0.39 is 24.0 Å². The molecule has 37 heavy (non-hydrogen) atoms. The molecule has 1 aliphatic rings. The van der Waals surface area contributed by atoms with Crippen LogP contribution in [0.15, 0.2) is 45.7 Å². The number of hydrogen-bond acceptors (Lipinski definition) is 7. The normalized spacial score (nSPS) is 14.8. The maximum Gasteiger partial charge on any atom is 0.339 e. The molecule has 0 saturated heterocycles. The number of aromatic hydroxyl groups is 1. The summed E-state index contributed by atoms with van der Waals surface area (Å²) >= 11 is 0. The van der Waals surface area contributed by atoms with E-state index in [1.54, 1.807) is 24.4 Å². The van der Waals surface area contributed by atoms with Crippen LogP contribution in [0.25, 0.3) is 21.9 Å². The second kappa shape index (κ2) is 9.65. The Morgan fingerprint density at radius 3 is 2.70 bits per heavy atom. The molecule has 9 nitrogen and oxygen atoms in total. The highest BCUT2D eigenvalue weighted by Crippen LogP contribution is 2.35. The molecule has 1 amide bonds. The number of carbonyl (C=O) groups excluding carboxylic acids is 2. The molecule has 1 aliphatic carbocycles. The molecular formula is C28H27N2O7-. The van der Waals surface area contributed by atoms with E-state index in [1.807, 2.05) is 6.92 Å². The van der Waals surface area contributed by atoms with Gasteiger partial charge in [-0.1, -0.05) is 0 Å². The van der Waals surface area contributed by atoms with E-state index in [-0.39, 0.29) is 17.8 Å². The number of phenolic OH excluding ortho intramolecular Hbond substituents is 1. The number of hydrogen-bond donors (Lipinski definition) is 3. The molecule has 0 aliphatic heterocycles. The lowest BCUT2D eigenvalue weighted by molar-refractivity contribution is -0.308. The molecule has 0 radical (unpaired) electrons. The standard InChI is InChI=1S/C28H28N2O7/c1-14-9-23(25-18-5-3-4-6-19(18)28(35)37-24(25)10-14)36-15(2)26(32)30-22(27(33)34)11-16-13-29-21-8-7-17(31)12-20(16)21/h7-10,12-13,15,22,29,31H,3-6,11H2,1-2H3,(H,30,32)(H,33,34)/p-1/t15-,22-/m0/s1. The van der Waals surface area contributed by atoms with Crippen molar-refractivity contribution in [3.63, 3.8) is 0 Å². The number of phenols is 1. The summed E-state index contributed by atoms with van der Waals surface area (Å²) in [5.74, 6) is -1.60. The molecule has 9 heteroatoms. The highest BCUT2D eigenvalue weighted by atomic mass is 16.5. The first-order valence-corrected chi connectivity index (χ1v) is 12.3. The lowest BCUT2D eigenvalue weighted by atomic mass is 9.90. The van der Waals surface area contributed by atoms with E-state index in [2.05, 4.69) is 10.3 Å². The lowest BCUT2D eigenvalue weighted by Gasteiger charge is -2.24. The van der Waals surface area contributed by atoms with Crippen LogP contribution in [-0.2, 0) is 28.9 Å². The summed E-state index contributed by atoms with van der Waals surface area (Å²) in [6.45, 7) is 3.37. The van der Waals surface area contributed by atoms with Crippen molar-refractivity contribution < 1.29 is 29.0 Å². The van der Waals surface area contributed by atoms with Gasteiger partial charge in [-0.15, -0.1) is 0 Å². The van der Waals surface area contributed by atoms with Crippen molar-refractivity contribution in [2.24, 2.45) is 0 Å². The van der Waals surface area contributed by atoms with Gasteiger partial charge in [0.05, 0.1) is 17.4 Å². The number of ether oxygens (including phenoxy) is 1. The van der Waals surface area contributed by atoms with Crippen LogP contribution in [-0.4, -0.2) is 34.1 Å². The Hall–Kier alpha value is -4.27. The second-order valence-electron chi connectivity index (χ2n) is 9.58. The van der Waals surface area contributed by atoms with Gasteiger partial charge in [0.1, 0.15) is 17.1 Å². The fourth-order valence-electron chi connectivity index (χ4n) is 5.04. The number of aliphatic carboxylic acids is 1. The van der Waals surface area contributed by atoms with Gasteiger partial charge in [-0.25, -0.2) is 4.79 Å². The minimum absolute atomic E-state index is 0.0453. The predicted octanol–water partition coefficient (Wildman–Crippen LogP) is 2.41. The van der Waals surface area contributed by atoms with Crippen molar-refractivity contribution in [3.8, 4) is 11.5 Å². The van der Waals surface area contributed by atoms with Crippen LogP contribution in [0.3, 0.4) is 0 Å². The molecular weight excluding hydrogens is 476 g/mol. The van der Waals surface area contributed by atoms with Crippen molar-refractivity contribution in [2.75, 3.05) is 0 Å². The monoisotopic (exact) mass is 503 g/mol. The van der Waals surface area contributed by atoms with Crippen LogP contribution in [0.1, 0.15) is 42.0 Å². The molecule has 192 valence electrons. The number of H-pyrrole nitrogens is 1. The third-order valence-corrected chi connectivity index (χ3v) is 6.88. The first-order chi connectivity index (χ1) is 17.7. The van der Waals surface area contributed by atoms with Crippen molar-refractivity contribution in [3.05, 3.63) is 69.2 Å². The molecule has 4 aromatic rings. The Morgan fingerprint density at radius 2 is 1.95 bits per heavy atom. The average Bonchev–Trinajstić information content (AvgIpc) is 3.24. The first kappa shape index (κ1) is 24.4. The summed E-state index contributed by atoms with van der Waals surface area (Å²) in [7, 11) is 0. The number of aromatic amines is 1. The quantitative estimate of drug-likeness (QED) is 0.329. The summed E-state index contributed by atoms with van der Waals surface area (Å²) in [6.07, 6.45) is 3.75. The molecule has 5 rings (SSSR count). The maximum absolute atomic E-state index is 13.0. The van der Waals surface area contributed by atoms with E-state index in [0.29, 0.717) is 46.1 Å². The fourth-order valence-corrected chi connectivity index (χ4v) is 5.04. The number of carboxylic acids is 1. The number of aromatic nitrogens is 1. The van der Waals surface area contributed by atoms with Gasteiger partial charge < -0.3 is 34.5 Å². The molecule has 2 heterocycles. The summed E-state index contributed by atoms with van der Waals surface area (Å²) in [5.41, 5.74) is 3.73. The number of carbonyl (C=O) groups is 2. The van der Waals surface area contributed by atoms with Crippen LogP contribution in [0, 0.1) is 6.92 Å². The van der Waals surface area contributed by atoms with Crippen molar-refractivity contribution in [1.82, 2.24) is 10.3 Å². The minimum atomic E-state index is -1.44. The Balaban J connectivity index is 1.39. The fraction of sp³-hybridized carbons (Fsp3) is 0.321. The third kappa shape index (κ3) is 4.76. The molecule has 0 unspecified atom stereocenters. The van der Waals surface area contributed by atoms with Crippen LogP contribution in [0.4, 0.5) is 0 Å². The average molecular weight is 504 g/mol. The Labute approximate surface area is 212 Å². The smallest absolute Gasteiger partial charge is 0.339 e. The Morgan fingerprint density at radius 1 is 1.19 bits per heavy atom. The SMILES string of the molecule is Cc1cc(O[C@@H](C)C(=O)N[C@@H](Cc2c[nH]c3ccc(O)cc23)C(=O)[O-])c2c3c(c(=O)oc2c1)CCCC3. The molecule has 0 spiro atoms. The van der Waals surface area contributed by atoms with Crippen LogP contribution < -0.4 is 20.8 Å². The summed E-state index contributed by atoms with van der Waals surface area (Å²) in [5, 5.41) is 25.5. The summed E-state index contributed by atoms with van der Waals surface area (Å²) in [6, 6.07) is 6.98. The van der Waals surface area contributed by atoms with Gasteiger partial charge >= 0.3 is 5.63 Å². The zero-order valence-corrected chi connectivity index (χ0v) is 20.6. The van der Waals surface area contributed by atoms with E-state index >= 15 is 0 Å². The first-order valence-electron chi connectivity index (χ1n) is 12.3. The minimum Gasteiger partial charge on any atom is -0.548 e. The number of aryl methyl sites for hydroxylation is 2. The van der Waals surface area contributed by atoms with Gasteiger partial charge in [-0.3, -0.25) is 4.79 Å². The summed E-state index contributed by atoms with van der Waals surface area (Å²) < 4.78 is 11.6. The molecule has 2 atom stereocenters. The van der Waals surface area contributed by atoms with Crippen molar-refractivity contribution in [1.29, 1.82) is 0 Å². The van der Waals surface area contributed by atoms with Crippen LogP contribution >= 0.6 is 0 Å². The van der Waals surface area contributed by atoms with Gasteiger partial charge in [0.15, 0.2) is 6.10 Å². The Kier molecular flexibility index (Phi) is 6.37. The van der Waals surface area contributed by atoms with Gasteiger partial charge in [0, 0.05) is 29.1 Å². The molecule has 2 aromatic heterocycles. The van der Waals surface area contributed by atoms with E-state index in [9.17, 15) is 24.6 Å². The molecule has 3 N–H and O–H groups in total. The van der Waals surface area contributed by atoms with Gasteiger partial charge in [-0.05, 0) is 86.6 Å². The lowest BCUT2D eigenvalue weighted by Crippen LogP contribution is -2.52. The third-order valence-electron chi connectivity index (χ3n) is 6.88. The highest BCUT2D eigenvalue weighted by molar-refractivity contribution is 5.91. The van der Waals surface area contributed by atoms with Gasteiger partial charge in [-0.2, -0.15) is 0 Å². The molecule has 0 saturated carbocycles. The number of carboxylic acid groups (broad SMARTS) is 1. The summed E-state index contributed by atoms with van der Waals surface area (Å²) in [4.78, 5) is 40.4. The Bertz CT molecular complexity index is 1580. The van der Waals surface area contributed by atoms with Gasteiger partial charge in [0.25, 0.3) is 5.91 Å². The largest absolute Gasteiger partial charge is 0.548 e. The molecule has 0 fully saturated rings. The van der Waals surface area contributed by atoms with Crippen LogP contribution in [0.5, 0.6) is 11.5 Å². The zero-order valence-electron chi connectivity index (χ0n) is 20.6. The van der Waals surface area contributed by atoms with E-state index in [4.69, 9.17) is 9.15 Å². The maximum atomic E-state index is 13.0. The number of rotatable bonds is 7. The predicted molar refractivity (Wildman–Crippen MR) is 135 cm³/mol. The number of fused-ring (bicyclic) bond motifs is 4. The zero-order chi connectivity index (χ0) is 26.3. The topological polar surface area (TPSA) is 145 Å². The van der Waals surface area contributed by atoms with E-state index in [1.165, 1.54) is 19.1 Å². The molecule has 0 bridgehead atoms. The number of amides is 1. The number of benzene rings is 2. The highest BCUT2D eigenvalue weighted by Gasteiger charge is 2.25. The van der Waals surface area contributed by atoms with Crippen LogP contribution in [0.2, 0.25) is 0 Å². The molecule has 2 aromatic carbocycles. The van der Waals surface area contributed by atoms with Gasteiger partial charge in [0.2, 0.25) is 0 Å². The van der Waals surface area contributed by atoms with E-state index in [0.717, 1.165) is 29.5 Å². The van der Waals surface area contributed by atoms with Crippen molar-refractivity contribution >= 4 is 33.7 Å². The number of nitrogens with one attached hydrogen (secondary N) is 2.